The number of hydrogen-bond acceptors (Lipinski definition) is 4. The van der Waals surface area contributed by atoms with Gasteiger partial charge in [-0.1, -0.05) is 0 Å². The highest BCUT2D eigenvalue weighted by Crippen LogP contribution is 2.15. The molecule has 0 radical (unpaired) electrons. The molecule has 0 spiro atoms. The van der Waals surface area contributed by atoms with E-state index in [4.69, 9.17) is 10.0 Å². The molecule has 0 saturated heterocycles. The second-order valence-electron chi connectivity index (χ2n) is 2.42. The van der Waals surface area contributed by atoms with Gasteiger partial charge in [-0.15, -0.1) is 0 Å². The third-order valence-corrected chi connectivity index (χ3v) is 1.56. The summed E-state index contributed by atoms with van der Waals surface area (Å²) < 4.78 is 25.8. The molecule has 0 heterocycles. The van der Waals surface area contributed by atoms with Gasteiger partial charge in [-0.05, 0) is 6.07 Å². The zero-order chi connectivity index (χ0) is 10.9. The molecule has 0 atom stereocenters. The number of nitrogens with zero attached hydrogens (tertiary/aromatic N) is 1. The van der Waals surface area contributed by atoms with E-state index in [1.807, 2.05) is 0 Å². The summed E-state index contributed by atoms with van der Waals surface area (Å²) >= 11 is 0. The number of rotatable bonds is 2. The quantitative estimate of drug-likeness (QED) is 0.387. The van der Waals surface area contributed by atoms with Crippen LogP contribution in [0.2, 0.25) is 0 Å². The summed E-state index contributed by atoms with van der Waals surface area (Å²) in [5.41, 5.74) is -2.13. The molecular formula is C6H4BF2NO4. The van der Waals surface area contributed by atoms with Crippen LogP contribution in [0, 0.1) is 21.7 Å². The molecular weight excluding hydrogens is 199 g/mol. The van der Waals surface area contributed by atoms with Crippen molar-refractivity contribution >= 4 is 18.3 Å². The maximum Gasteiger partial charge on any atom is 0.494 e. The molecule has 0 aliphatic rings. The summed E-state index contributed by atoms with van der Waals surface area (Å²) in [6.07, 6.45) is 0. The summed E-state index contributed by atoms with van der Waals surface area (Å²) in [4.78, 5) is 9.11. The van der Waals surface area contributed by atoms with E-state index < -0.39 is 34.8 Å². The molecule has 74 valence electrons. The van der Waals surface area contributed by atoms with Crippen molar-refractivity contribution in [1.82, 2.24) is 0 Å². The lowest BCUT2D eigenvalue weighted by molar-refractivity contribution is -0.387. The fraction of sp³-hybridized carbons (Fsp3) is 0. The smallest absolute Gasteiger partial charge is 0.423 e. The Morgan fingerprint density at radius 2 is 1.93 bits per heavy atom. The lowest BCUT2D eigenvalue weighted by Gasteiger charge is -2.02. The van der Waals surface area contributed by atoms with Crippen molar-refractivity contribution in [1.29, 1.82) is 0 Å². The van der Waals surface area contributed by atoms with Crippen LogP contribution in [0.4, 0.5) is 14.5 Å². The van der Waals surface area contributed by atoms with E-state index in [1.165, 1.54) is 0 Å². The number of hydrogen-bond donors (Lipinski definition) is 2. The minimum absolute atomic E-state index is 0.593. The van der Waals surface area contributed by atoms with Crippen LogP contribution in [0.1, 0.15) is 0 Å². The Labute approximate surface area is 76.9 Å². The van der Waals surface area contributed by atoms with Crippen LogP contribution in [0.15, 0.2) is 12.1 Å². The Hall–Kier alpha value is -1.54. The van der Waals surface area contributed by atoms with Gasteiger partial charge in [0.1, 0.15) is 5.82 Å². The highest BCUT2D eigenvalue weighted by atomic mass is 19.1. The highest BCUT2D eigenvalue weighted by molar-refractivity contribution is 6.58. The van der Waals surface area contributed by atoms with Crippen LogP contribution in [-0.4, -0.2) is 22.1 Å². The summed E-state index contributed by atoms with van der Waals surface area (Å²) in [6, 6.07) is 1.20. The van der Waals surface area contributed by atoms with Gasteiger partial charge in [-0.3, -0.25) is 10.1 Å². The normalized spacial score (nSPS) is 10.0. The molecule has 0 aromatic heterocycles. The van der Waals surface area contributed by atoms with Crippen molar-refractivity contribution < 1.29 is 23.8 Å². The third-order valence-electron chi connectivity index (χ3n) is 1.56. The molecule has 1 aromatic carbocycles. The van der Waals surface area contributed by atoms with Gasteiger partial charge in [-0.2, -0.15) is 4.39 Å². The van der Waals surface area contributed by atoms with Crippen LogP contribution < -0.4 is 5.46 Å². The Balaban J connectivity index is 3.41. The van der Waals surface area contributed by atoms with E-state index in [1.54, 1.807) is 0 Å². The second-order valence-corrected chi connectivity index (χ2v) is 2.42. The zero-order valence-corrected chi connectivity index (χ0v) is 6.65. The Morgan fingerprint density at radius 1 is 1.36 bits per heavy atom. The summed E-state index contributed by atoms with van der Waals surface area (Å²) in [5.74, 6) is -2.83. The third kappa shape index (κ3) is 1.70. The SMILES string of the molecule is O=[N+]([O-])c1ccc(F)c(B(O)O)c1F. The van der Waals surface area contributed by atoms with Crippen LogP contribution in [0.3, 0.4) is 0 Å². The van der Waals surface area contributed by atoms with E-state index in [-0.39, 0.29) is 0 Å². The molecule has 0 saturated carbocycles. The largest absolute Gasteiger partial charge is 0.494 e. The molecule has 14 heavy (non-hydrogen) atoms. The number of nitro benzene ring substituents is 1. The van der Waals surface area contributed by atoms with Gasteiger partial charge in [-0.25, -0.2) is 4.39 Å². The lowest BCUT2D eigenvalue weighted by atomic mass is 9.79. The lowest BCUT2D eigenvalue weighted by Crippen LogP contribution is -2.36. The van der Waals surface area contributed by atoms with Crippen LogP contribution in [-0.2, 0) is 0 Å². The van der Waals surface area contributed by atoms with Crippen molar-refractivity contribution in [2.24, 2.45) is 0 Å². The summed E-state index contributed by atoms with van der Waals surface area (Å²) in [6.45, 7) is 0. The van der Waals surface area contributed by atoms with Crippen molar-refractivity contribution in [3.05, 3.63) is 33.9 Å². The van der Waals surface area contributed by atoms with Gasteiger partial charge < -0.3 is 10.0 Å². The van der Waals surface area contributed by atoms with E-state index in [2.05, 4.69) is 0 Å². The van der Waals surface area contributed by atoms with Crippen molar-refractivity contribution in [3.63, 3.8) is 0 Å². The van der Waals surface area contributed by atoms with Gasteiger partial charge in [0, 0.05) is 6.07 Å². The first kappa shape index (κ1) is 10.5. The maximum atomic E-state index is 13.0. The summed E-state index contributed by atoms with van der Waals surface area (Å²) in [5, 5.41) is 27.3. The number of nitro groups is 1. The first-order chi connectivity index (χ1) is 6.45. The fourth-order valence-electron chi connectivity index (χ4n) is 0.936. The van der Waals surface area contributed by atoms with E-state index in [0.29, 0.717) is 12.1 Å². The van der Waals surface area contributed by atoms with E-state index >= 15 is 0 Å². The molecule has 0 aliphatic carbocycles. The first-order valence-electron chi connectivity index (χ1n) is 3.43. The van der Waals surface area contributed by atoms with E-state index in [0.717, 1.165) is 0 Å². The Bertz CT molecular complexity index is 384. The van der Waals surface area contributed by atoms with Crippen LogP contribution in [0.25, 0.3) is 0 Å². The van der Waals surface area contributed by atoms with Gasteiger partial charge in [0.2, 0.25) is 5.82 Å². The molecule has 0 unspecified atom stereocenters. The van der Waals surface area contributed by atoms with Gasteiger partial charge >= 0.3 is 12.8 Å². The maximum absolute atomic E-state index is 13.0. The average molecular weight is 203 g/mol. The minimum Gasteiger partial charge on any atom is -0.423 e. The monoisotopic (exact) mass is 203 g/mol. The molecule has 0 fully saturated rings. The molecule has 5 nitrogen and oxygen atoms in total. The fourth-order valence-corrected chi connectivity index (χ4v) is 0.936. The van der Waals surface area contributed by atoms with Crippen molar-refractivity contribution in [3.8, 4) is 0 Å². The van der Waals surface area contributed by atoms with Crippen LogP contribution in [0.5, 0.6) is 0 Å². The predicted molar refractivity (Wildman–Crippen MR) is 42.8 cm³/mol. The van der Waals surface area contributed by atoms with Gasteiger partial charge in [0.05, 0.1) is 10.4 Å². The molecule has 0 amide bonds. The van der Waals surface area contributed by atoms with Crippen molar-refractivity contribution in [2.45, 2.75) is 0 Å². The van der Waals surface area contributed by atoms with Crippen LogP contribution >= 0.6 is 0 Å². The van der Waals surface area contributed by atoms with Gasteiger partial charge in [0.15, 0.2) is 0 Å². The Kier molecular flexibility index (Phi) is 2.77. The molecule has 2 N–H and O–H groups in total. The summed E-state index contributed by atoms with van der Waals surface area (Å²) in [7, 11) is -2.42. The number of benzene rings is 1. The first-order valence-corrected chi connectivity index (χ1v) is 3.43. The predicted octanol–water partition coefficient (Wildman–Crippen LogP) is -0.447. The standard InChI is InChI=1S/C6H4BF2NO4/c8-3-1-2-4(10(13)14)6(9)5(3)7(11)12/h1-2,11-12H. The number of halogens is 2. The topological polar surface area (TPSA) is 83.6 Å². The molecule has 1 rings (SSSR count). The zero-order valence-electron chi connectivity index (χ0n) is 6.65. The highest BCUT2D eigenvalue weighted by Gasteiger charge is 2.28. The van der Waals surface area contributed by atoms with E-state index in [9.17, 15) is 18.9 Å². The molecule has 0 aliphatic heterocycles. The van der Waals surface area contributed by atoms with Crippen molar-refractivity contribution in [2.75, 3.05) is 0 Å². The molecule has 0 bridgehead atoms. The van der Waals surface area contributed by atoms with Gasteiger partial charge in [0.25, 0.3) is 0 Å². The molecule has 8 heteroatoms. The minimum atomic E-state index is -2.42. The second kappa shape index (κ2) is 3.68. The molecule has 1 aromatic rings. The average Bonchev–Trinajstić information content (AvgIpc) is 2.02. The Morgan fingerprint density at radius 3 is 2.36 bits per heavy atom.